The van der Waals surface area contributed by atoms with Crippen LogP contribution in [-0.4, -0.2) is 35.9 Å². The van der Waals surface area contributed by atoms with E-state index in [1.165, 1.54) is 0 Å². The van der Waals surface area contributed by atoms with Gasteiger partial charge < -0.3 is 14.6 Å². The van der Waals surface area contributed by atoms with Gasteiger partial charge in [0.05, 0.1) is 19.1 Å². The Balaban J connectivity index is 1.84. The van der Waals surface area contributed by atoms with E-state index in [1.807, 2.05) is 0 Å². The van der Waals surface area contributed by atoms with Gasteiger partial charge in [-0.05, 0) is 30.6 Å². The number of ether oxygens (including phenoxy) is 2. The molecule has 0 amide bonds. The first-order valence-corrected chi connectivity index (χ1v) is 7.36. The van der Waals surface area contributed by atoms with E-state index in [0.29, 0.717) is 13.0 Å². The highest BCUT2D eigenvalue weighted by Crippen LogP contribution is 2.73. The first-order valence-electron chi connectivity index (χ1n) is 7.36. The smallest absolute Gasteiger partial charge is 0.341 e. The van der Waals surface area contributed by atoms with Crippen molar-refractivity contribution in [1.29, 1.82) is 0 Å². The third kappa shape index (κ3) is 1.23. The van der Waals surface area contributed by atoms with Gasteiger partial charge in [0, 0.05) is 11.3 Å². The molecule has 20 heavy (non-hydrogen) atoms. The van der Waals surface area contributed by atoms with Gasteiger partial charge in [-0.25, -0.2) is 4.79 Å². The van der Waals surface area contributed by atoms with Crippen LogP contribution in [0.25, 0.3) is 0 Å². The molecule has 4 aliphatic rings. The van der Waals surface area contributed by atoms with Crippen molar-refractivity contribution in [3.05, 3.63) is 0 Å². The summed E-state index contributed by atoms with van der Waals surface area (Å²) in [5.41, 5.74) is -1.00. The maximum atomic E-state index is 12.3. The quantitative estimate of drug-likeness (QED) is 0.581. The van der Waals surface area contributed by atoms with E-state index in [-0.39, 0.29) is 35.2 Å². The van der Waals surface area contributed by atoms with Crippen molar-refractivity contribution in [3.63, 3.8) is 0 Å². The molecule has 5 atom stereocenters. The molecule has 2 aliphatic heterocycles. The summed E-state index contributed by atoms with van der Waals surface area (Å²) in [7, 11) is 0. The molecule has 1 N–H and O–H groups in total. The van der Waals surface area contributed by atoms with Crippen LogP contribution in [-0.2, 0) is 19.1 Å². The van der Waals surface area contributed by atoms with Crippen molar-refractivity contribution in [1.82, 2.24) is 0 Å². The first kappa shape index (κ1) is 12.6. The van der Waals surface area contributed by atoms with Crippen LogP contribution in [0.4, 0.5) is 0 Å². The van der Waals surface area contributed by atoms with Gasteiger partial charge in [0.25, 0.3) is 0 Å². The van der Waals surface area contributed by atoms with Crippen molar-refractivity contribution in [2.45, 2.75) is 38.7 Å². The summed E-state index contributed by atoms with van der Waals surface area (Å²) >= 11 is 0. The van der Waals surface area contributed by atoms with Crippen molar-refractivity contribution in [2.75, 3.05) is 13.2 Å². The first-order chi connectivity index (χ1) is 9.32. The molecule has 5 heteroatoms. The van der Waals surface area contributed by atoms with E-state index >= 15 is 0 Å². The molecular formula is C15H20O5. The number of aliphatic carboxylic acids is 1. The highest BCUT2D eigenvalue weighted by atomic mass is 16.6. The number of carbonyl (C=O) groups excluding carboxylic acids is 1. The summed E-state index contributed by atoms with van der Waals surface area (Å²) in [6.07, 6.45) is 2.51. The summed E-state index contributed by atoms with van der Waals surface area (Å²) in [5, 5.41) is 9.51. The number of hydrogen-bond donors (Lipinski definition) is 1. The molecule has 0 aromatic carbocycles. The van der Waals surface area contributed by atoms with Crippen LogP contribution >= 0.6 is 0 Å². The molecule has 0 radical (unpaired) electrons. The molecule has 2 aliphatic carbocycles. The summed E-state index contributed by atoms with van der Waals surface area (Å²) < 4.78 is 10.9. The fourth-order valence-electron chi connectivity index (χ4n) is 5.66. The second-order valence-electron chi connectivity index (χ2n) is 7.78. The molecule has 0 unspecified atom stereocenters. The Kier molecular flexibility index (Phi) is 2.13. The molecule has 0 aromatic heterocycles. The lowest BCUT2D eigenvalue weighted by atomic mass is 9.61. The van der Waals surface area contributed by atoms with Gasteiger partial charge in [-0.3, -0.25) is 4.79 Å². The number of rotatable bonds is 1. The topological polar surface area (TPSA) is 76.1 Å². The van der Waals surface area contributed by atoms with Crippen LogP contribution in [0.2, 0.25) is 0 Å². The second kappa shape index (κ2) is 3.38. The summed E-state index contributed by atoms with van der Waals surface area (Å²) in [5.74, 6) is -1.24. The predicted octanol–water partition coefficient (Wildman–Crippen LogP) is 1.46. The van der Waals surface area contributed by atoms with Crippen LogP contribution in [0.15, 0.2) is 0 Å². The average molecular weight is 280 g/mol. The lowest BCUT2D eigenvalue weighted by Crippen LogP contribution is -2.56. The number of hydrogen-bond acceptors (Lipinski definition) is 4. The molecule has 0 bridgehead atoms. The Morgan fingerprint density at radius 3 is 2.70 bits per heavy atom. The zero-order valence-electron chi connectivity index (χ0n) is 11.8. The fourth-order valence-corrected chi connectivity index (χ4v) is 5.66. The van der Waals surface area contributed by atoms with Crippen LogP contribution < -0.4 is 0 Å². The van der Waals surface area contributed by atoms with E-state index < -0.39 is 17.5 Å². The Morgan fingerprint density at radius 2 is 2.10 bits per heavy atom. The van der Waals surface area contributed by atoms with Crippen molar-refractivity contribution < 1.29 is 24.2 Å². The zero-order chi connectivity index (χ0) is 14.3. The highest BCUT2D eigenvalue weighted by molar-refractivity contribution is 5.86. The van der Waals surface area contributed by atoms with Crippen LogP contribution in [0.3, 0.4) is 0 Å². The van der Waals surface area contributed by atoms with Crippen LogP contribution in [0, 0.1) is 28.6 Å². The predicted molar refractivity (Wildman–Crippen MR) is 67.8 cm³/mol. The molecule has 4 fully saturated rings. The number of carboxylic acid groups (broad SMARTS) is 1. The number of cyclic esters (lactones) is 1. The maximum Gasteiger partial charge on any atom is 0.341 e. The standard InChI is InChI=1S/C15H20O5/c1-13(2)4-8-3-9(11(16)17)10-5-19-12(18)15(7-20-15)14(8,10)6-13/h8-10H,3-7H2,1-2H3,(H,16,17)/t8-,9-,10+,14-,15-/m1/s1. The lowest BCUT2D eigenvalue weighted by Gasteiger charge is -2.44. The van der Waals surface area contributed by atoms with Gasteiger partial charge in [-0.15, -0.1) is 0 Å². The Bertz CT molecular complexity index is 506. The Labute approximate surface area is 117 Å². The minimum absolute atomic E-state index is 0.0908. The highest BCUT2D eigenvalue weighted by Gasteiger charge is 2.80. The van der Waals surface area contributed by atoms with E-state index in [0.717, 1.165) is 12.8 Å². The lowest BCUT2D eigenvalue weighted by molar-refractivity contribution is -0.179. The van der Waals surface area contributed by atoms with E-state index in [4.69, 9.17) is 9.47 Å². The van der Waals surface area contributed by atoms with Crippen molar-refractivity contribution >= 4 is 11.9 Å². The summed E-state index contributed by atoms with van der Waals surface area (Å²) in [6.45, 7) is 5.07. The summed E-state index contributed by atoms with van der Waals surface area (Å²) in [6, 6.07) is 0. The number of epoxide rings is 1. The summed E-state index contributed by atoms with van der Waals surface area (Å²) in [4.78, 5) is 23.8. The molecule has 2 spiro atoms. The van der Waals surface area contributed by atoms with E-state index in [2.05, 4.69) is 13.8 Å². The van der Waals surface area contributed by atoms with Crippen molar-refractivity contribution in [3.8, 4) is 0 Å². The molecular weight excluding hydrogens is 260 g/mol. The molecule has 2 saturated heterocycles. The third-order valence-electron chi connectivity index (χ3n) is 6.21. The third-order valence-corrected chi connectivity index (χ3v) is 6.21. The normalized spacial score (nSPS) is 51.5. The number of carboxylic acids is 1. The van der Waals surface area contributed by atoms with Crippen LogP contribution in [0.1, 0.15) is 33.1 Å². The Morgan fingerprint density at radius 1 is 1.40 bits per heavy atom. The van der Waals surface area contributed by atoms with Gasteiger partial charge in [0.15, 0.2) is 5.60 Å². The van der Waals surface area contributed by atoms with Gasteiger partial charge in [-0.2, -0.15) is 0 Å². The average Bonchev–Trinajstić information content (AvgIpc) is 3.01. The molecule has 5 nitrogen and oxygen atoms in total. The zero-order valence-corrected chi connectivity index (χ0v) is 11.8. The molecule has 4 rings (SSSR count). The van der Waals surface area contributed by atoms with E-state index in [9.17, 15) is 14.7 Å². The minimum atomic E-state index is -0.835. The molecule has 0 aromatic rings. The molecule has 110 valence electrons. The number of carbonyl (C=O) groups is 2. The maximum absolute atomic E-state index is 12.3. The van der Waals surface area contributed by atoms with Gasteiger partial charge in [-0.1, -0.05) is 13.8 Å². The molecule has 2 saturated carbocycles. The number of esters is 1. The second-order valence-corrected chi connectivity index (χ2v) is 7.78. The Hall–Kier alpha value is -1.10. The SMILES string of the molecule is CC1(C)C[C@H]2C[C@@H](C(=O)O)[C@@H]3COC(=O)[C@]4(CO4)[C@]23C1. The van der Waals surface area contributed by atoms with E-state index in [1.54, 1.807) is 0 Å². The van der Waals surface area contributed by atoms with Crippen LogP contribution in [0.5, 0.6) is 0 Å². The monoisotopic (exact) mass is 280 g/mol. The fraction of sp³-hybridized carbons (Fsp3) is 0.867. The van der Waals surface area contributed by atoms with Gasteiger partial charge >= 0.3 is 11.9 Å². The van der Waals surface area contributed by atoms with Crippen molar-refractivity contribution in [2.24, 2.45) is 28.6 Å². The minimum Gasteiger partial charge on any atom is -0.481 e. The molecule has 2 heterocycles. The van der Waals surface area contributed by atoms with Gasteiger partial charge in [0.2, 0.25) is 0 Å². The van der Waals surface area contributed by atoms with Gasteiger partial charge in [0.1, 0.15) is 0 Å². The largest absolute Gasteiger partial charge is 0.481 e.